The quantitative estimate of drug-likeness (QED) is 0.901. The Kier molecular flexibility index (Phi) is 4.50. The first-order valence-electron chi connectivity index (χ1n) is 5.64. The molecule has 0 aromatic carbocycles. The second kappa shape index (κ2) is 5.51. The zero-order valence-corrected chi connectivity index (χ0v) is 10.7. The smallest absolute Gasteiger partial charge is 0.346 e. The number of nitrogens with two attached hydrogens (primary N) is 1. The predicted octanol–water partition coefficient (Wildman–Crippen LogP) is 1.94. The Balaban J connectivity index is 3.17. The van der Waals surface area contributed by atoms with Gasteiger partial charge in [0.25, 0.3) is 0 Å². The zero-order chi connectivity index (χ0) is 13.9. The van der Waals surface area contributed by atoms with Gasteiger partial charge in [0, 0.05) is 18.7 Å². The first-order chi connectivity index (χ1) is 8.30. The summed E-state index contributed by atoms with van der Waals surface area (Å²) in [5.74, 6) is 0.223. The summed E-state index contributed by atoms with van der Waals surface area (Å²) in [4.78, 5) is 1.14. The molecule has 1 heterocycles. The van der Waals surface area contributed by atoms with Gasteiger partial charge in [-0.15, -0.1) is 5.10 Å². The van der Waals surface area contributed by atoms with Crippen LogP contribution in [0.1, 0.15) is 23.7 Å². The standard InChI is InChI=1S/C11H17F3N4/c1-4-18(6-11(12,13)14)10-9(5-15)7(2)8(3)16-17-10/h4-6,15H2,1-3H3. The molecule has 0 amide bonds. The molecular formula is C11H17F3N4. The Morgan fingerprint density at radius 1 is 1.22 bits per heavy atom. The molecule has 0 unspecified atom stereocenters. The third-order valence-corrected chi connectivity index (χ3v) is 2.82. The molecular weight excluding hydrogens is 245 g/mol. The molecule has 0 aliphatic carbocycles. The van der Waals surface area contributed by atoms with Gasteiger partial charge in [-0.05, 0) is 26.3 Å². The van der Waals surface area contributed by atoms with Crippen molar-refractivity contribution in [2.45, 2.75) is 33.5 Å². The second-order valence-corrected chi connectivity index (χ2v) is 4.05. The van der Waals surface area contributed by atoms with E-state index in [0.29, 0.717) is 11.3 Å². The number of hydrogen-bond acceptors (Lipinski definition) is 4. The summed E-state index contributed by atoms with van der Waals surface area (Å²) in [7, 11) is 0. The predicted molar refractivity (Wildman–Crippen MR) is 63.3 cm³/mol. The number of anilines is 1. The molecule has 0 radical (unpaired) electrons. The molecule has 1 aromatic rings. The fourth-order valence-electron chi connectivity index (χ4n) is 1.70. The van der Waals surface area contributed by atoms with Gasteiger partial charge < -0.3 is 10.6 Å². The van der Waals surface area contributed by atoms with Crippen LogP contribution in [-0.2, 0) is 6.54 Å². The monoisotopic (exact) mass is 262 g/mol. The molecule has 4 nitrogen and oxygen atoms in total. The summed E-state index contributed by atoms with van der Waals surface area (Å²) in [6.45, 7) is 4.48. The Hall–Kier alpha value is -1.37. The number of aromatic nitrogens is 2. The number of alkyl halides is 3. The fourth-order valence-corrected chi connectivity index (χ4v) is 1.70. The molecule has 0 saturated heterocycles. The molecule has 0 aliphatic rings. The minimum atomic E-state index is -4.28. The van der Waals surface area contributed by atoms with Gasteiger partial charge in [-0.3, -0.25) is 0 Å². The first kappa shape index (κ1) is 14.7. The van der Waals surface area contributed by atoms with Crippen LogP contribution in [0.2, 0.25) is 0 Å². The largest absolute Gasteiger partial charge is 0.405 e. The van der Waals surface area contributed by atoms with Crippen molar-refractivity contribution >= 4 is 5.82 Å². The van der Waals surface area contributed by atoms with Gasteiger partial charge in [0.1, 0.15) is 6.54 Å². The summed E-state index contributed by atoms with van der Waals surface area (Å²) in [6, 6.07) is 0. The summed E-state index contributed by atoms with van der Waals surface area (Å²) >= 11 is 0. The lowest BCUT2D eigenvalue weighted by atomic mass is 10.1. The average Bonchev–Trinajstić information content (AvgIpc) is 2.28. The highest BCUT2D eigenvalue weighted by atomic mass is 19.4. The van der Waals surface area contributed by atoms with E-state index in [1.54, 1.807) is 20.8 Å². The average molecular weight is 262 g/mol. The van der Waals surface area contributed by atoms with Crippen LogP contribution < -0.4 is 10.6 Å². The number of halogens is 3. The lowest BCUT2D eigenvalue weighted by Gasteiger charge is -2.25. The SMILES string of the molecule is CCN(CC(F)(F)F)c1nnc(C)c(C)c1CN. The Morgan fingerprint density at radius 2 is 1.83 bits per heavy atom. The maximum atomic E-state index is 12.5. The lowest BCUT2D eigenvalue weighted by Crippen LogP contribution is -2.36. The molecule has 18 heavy (non-hydrogen) atoms. The summed E-state index contributed by atoms with van der Waals surface area (Å²) < 4.78 is 37.4. The molecule has 1 aromatic heterocycles. The van der Waals surface area contributed by atoms with Crippen LogP contribution in [0, 0.1) is 13.8 Å². The molecule has 0 fully saturated rings. The molecule has 0 spiro atoms. The Bertz CT molecular complexity index is 417. The summed E-state index contributed by atoms with van der Waals surface area (Å²) in [5, 5.41) is 7.73. The van der Waals surface area contributed by atoms with Crippen molar-refractivity contribution in [2.75, 3.05) is 18.0 Å². The highest BCUT2D eigenvalue weighted by molar-refractivity contribution is 5.50. The van der Waals surface area contributed by atoms with Crippen molar-refractivity contribution in [3.8, 4) is 0 Å². The molecule has 0 aliphatic heterocycles. The summed E-state index contributed by atoms with van der Waals surface area (Å²) in [6.07, 6.45) is -4.28. The van der Waals surface area contributed by atoms with E-state index in [-0.39, 0.29) is 18.9 Å². The highest BCUT2D eigenvalue weighted by Gasteiger charge is 2.32. The molecule has 0 bridgehead atoms. The topological polar surface area (TPSA) is 55.0 Å². The van der Waals surface area contributed by atoms with Gasteiger partial charge in [-0.25, -0.2) is 0 Å². The Labute approximate surface area is 104 Å². The molecule has 7 heteroatoms. The fraction of sp³-hybridized carbons (Fsp3) is 0.636. The normalized spacial score (nSPS) is 11.7. The van der Waals surface area contributed by atoms with Crippen molar-refractivity contribution in [2.24, 2.45) is 5.73 Å². The molecule has 102 valence electrons. The highest BCUT2D eigenvalue weighted by Crippen LogP contribution is 2.25. The van der Waals surface area contributed by atoms with E-state index >= 15 is 0 Å². The first-order valence-corrected chi connectivity index (χ1v) is 5.64. The van der Waals surface area contributed by atoms with E-state index in [0.717, 1.165) is 10.5 Å². The van der Waals surface area contributed by atoms with Crippen LogP contribution in [0.4, 0.5) is 19.0 Å². The van der Waals surface area contributed by atoms with E-state index < -0.39 is 12.7 Å². The van der Waals surface area contributed by atoms with Crippen LogP contribution in [0.3, 0.4) is 0 Å². The van der Waals surface area contributed by atoms with E-state index in [1.807, 2.05) is 0 Å². The minimum Gasteiger partial charge on any atom is -0.346 e. The maximum absolute atomic E-state index is 12.5. The van der Waals surface area contributed by atoms with Gasteiger partial charge >= 0.3 is 6.18 Å². The third kappa shape index (κ3) is 3.32. The Morgan fingerprint density at radius 3 is 2.28 bits per heavy atom. The van der Waals surface area contributed by atoms with Crippen molar-refractivity contribution in [3.63, 3.8) is 0 Å². The van der Waals surface area contributed by atoms with Gasteiger partial charge in [0.2, 0.25) is 0 Å². The van der Waals surface area contributed by atoms with Crippen molar-refractivity contribution in [3.05, 3.63) is 16.8 Å². The van der Waals surface area contributed by atoms with Crippen LogP contribution in [0.25, 0.3) is 0 Å². The van der Waals surface area contributed by atoms with E-state index in [9.17, 15) is 13.2 Å². The van der Waals surface area contributed by atoms with Crippen LogP contribution in [0.5, 0.6) is 0 Å². The number of aryl methyl sites for hydroxylation is 1. The zero-order valence-electron chi connectivity index (χ0n) is 10.7. The van der Waals surface area contributed by atoms with E-state index in [4.69, 9.17) is 5.73 Å². The van der Waals surface area contributed by atoms with E-state index in [1.165, 1.54) is 0 Å². The number of nitrogens with zero attached hydrogens (tertiary/aromatic N) is 3. The molecule has 1 rings (SSSR count). The number of hydrogen-bond donors (Lipinski definition) is 1. The molecule has 0 saturated carbocycles. The van der Waals surface area contributed by atoms with Gasteiger partial charge in [0.05, 0.1) is 5.69 Å². The van der Waals surface area contributed by atoms with Crippen molar-refractivity contribution in [1.29, 1.82) is 0 Å². The van der Waals surface area contributed by atoms with Crippen LogP contribution in [-0.4, -0.2) is 29.5 Å². The minimum absolute atomic E-state index is 0.145. The number of rotatable bonds is 4. The van der Waals surface area contributed by atoms with Crippen molar-refractivity contribution in [1.82, 2.24) is 10.2 Å². The lowest BCUT2D eigenvalue weighted by molar-refractivity contribution is -0.119. The van der Waals surface area contributed by atoms with Gasteiger partial charge in [0.15, 0.2) is 5.82 Å². The van der Waals surface area contributed by atoms with Gasteiger partial charge in [-0.1, -0.05) is 0 Å². The van der Waals surface area contributed by atoms with Crippen molar-refractivity contribution < 1.29 is 13.2 Å². The maximum Gasteiger partial charge on any atom is 0.405 e. The molecule has 0 atom stereocenters. The van der Waals surface area contributed by atoms with Crippen LogP contribution in [0.15, 0.2) is 0 Å². The van der Waals surface area contributed by atoms with Gasteiger partial charge in [-0.2, -0.15) is 18.3 Å². The van der Waals surface area contributed by atoms with Crippen LogP contribution >= 0.6 is 0 Å². The van der Waals surface area contributed by atoms with E-state index in [2.05, 4.69) is 10.2 Å². The summed E-state index contributed by atoms with van der Waals surface area (Å²) in [5.41, 5.74) is 7.70. The molecule has 2 N–H and O–H groups in total. The third-order valence-electron chi connectivity index (χ3n) is 2.82. The second-order valence-electron chi connectivity index (χ2n) is 4.05.